The second-order valence-electron chi connectivity index (χ2n) is 9.42. The molecule has 0 aromatic heterocycles. The number of carbonyl (C=O) groups excluding carboxylic acids is 1. The van der Waals surface area contributed by atoms with Crippen molar-refractivity contribution in [1.82, 2.24) is 0 Å². The van der Waals surface area contributed by atoms with Gasteiger partial charge in [-0.2, -0.15) is 22.0 Å². The number of esters is 1. The highest BCUT2D eigenvalue weighted by molar-refractivity contribution is 5.92. The van der Waals surface area contributed by atoms with Gasteiger partial charge in [-0.15, -0.1) is 0 Å². The SMILES string of the molecule is Nc1ccc(CCC/C(=C\c2ccc(OC(=O)c3ccc(OCCCC(F)(F)C(F)(F)F)cc3)cc2)C(=O)O)c(N)c1. The van der Waals surface area contributed by atoms with E-state index in [9.17, 15) is 36.6 Å². The van der Waals surface area contributed by atoms with Gasteiger partial charge in [-0.25, -0.2) is 9.59 Å². The standard InChI is InChI=1S/C30H29F5N2O5/c31-29(32,30(33,34)35)15-2-16-41-24-13-8-21(9-14-24)28(40)42-25-11-5-19(6-12-25)17-22(27(38)39)4-1-3-20-7-10-23(36)18-26(20)37/h5-14,17-18H,1-4,15-16,36-37H2,(H,38,39)/b22-17+. The Labute approximate surface area is 238 Å². The molecule has 0 saturated heterocycles. The number of carboxylic acids is 1. The van der Waals surface area contributed by atoms with E-state index in [1.165, 1.54) is 42.5 Å². The van der Waals surface area contributed by atoms with Crippen LogP contribution >= 0.6 is 0 Å². The van der Waals surface area contributed by atoms with Gasteiger partial charge in [-0.05, 0) is 91.4 Å². The number of nitrogen functional groups attached to an aromatic ring is 2. The van der Waals surface area contributed by atoms with Crippen molar-refractivity contribution >= 4 is 29.4 Å². The molecule has 3 aromatic carbocycles. The maximum absolute atomic E-state index is 12.9. The highest BCUT2D eigenvalue weighted by Gasteiger charge is 2.56. The number of hydrogen-bond donors (Lipinski definition) is 3. The third kappa shape index (κ3) is 9.22. The summed E-state index contributed by atoms with van der Waals surface area (Å²) in [6.45, 7) is -0.364. The Morgan fingerprint density at radius 1 is 0.857 bits per heavy atom. The molecular formula is C30H29F5N2O5. The van der Waals surface area contributed by atoms with Gasteiger partial charge in [0.15, 0.2) is 0 Å². The predicted molar refractivity (Wildman–Crippen MR) is 147 cm³/mol. The number of carbonyl (C=O) groups is 2. The molecule has 0 spiro atoms. The van der Waals surface area contributed by atoms with Crippen LogP contribution < -0.4 is 20.9 Å². The zero-order chi connectivity index (χ0) is 30.9. The smallest absolute Gasteiger partial charge is 0.453 e. The van der Waals surface area contributed by atoms with Gasteiger partial charge in [0.1, 0.15) is 11.5 Å². The fourth-order valence-corrected chi connectivity index (χ4v) is 3.86. The van der Waals surface area contributed by atoms with E-state index in [2.05, 4.69) is 0 Å². The van der Waals surface area contributed by atoms with Crippen molar-refractivity contribution in [2.75, 3.05) is 18.1 Å². The second kappa shape index (κ2) is 13.8. The van der Waals surface area contributed by atoms with E-state index >= 15 is 0 Å². The van der Waals surface area contributed by atoms with Crippen molar-refractivity contribution < 1.29 is 46.1 Å². The molecule has 5 N–H and O–H groups in total. The Kier molecular flexibility index (Phi) is 10.5. The summed E-state index contributed by atoms with van der Waals surface area (Å²) in [6.07, 6.45) is -4.55. The van der Waals surface area contributed by atoms with Crippen LogP contribution in [0.5, 0.6) is 11.5 Å². The molecule has 0 unspecified atom stereocenters. The van der Waals surface area contributed by atoms with Crippen LogP contribution in [-0.2, 0) is 11.2 Å². The second-order valence-corrected chi connectivity index (χ2v) is 9.42. The number of benzene rings is 3. The van der Waals surface area contributed by atoms with Crippen molar-refractivity contribution in [1.29, 1.82) is 0 Å². The summed E-state index contributed by atoms with van der Waals surface area (Å²) < 4.78 is 73.0. The van der Waals surface area contributed by atoms with Gasteiger partial charge in [0.2, 0.25) is 0 Å². The monoisotopic (exact) mass is 592 g/mol. The van der Waals surface area contributed by atoms with E-state index in [0.29, 0.717) is 36.2 Å². The number of ether oxygens (including phenoxy) is 2. The van der Waals surface area contributed by atoms with Gasteiger partial charge in [-0.1, -0.05) is 18.2 Å². The molecule has 224 valence electrons. The number of hydrogen-bond acceptors (Lipinski definition) is 6. The van der Waals surface area contributed by atoms with Crippen LogP contribution in [0, 0.1) is 0 Å². The Bertz CT molecular complexity index is 1410. The highest BCUT2D eigenvalue weighted by Crippen LogP contribution is 2.38. The molecule has 7 nitrogen and oxygen atoms in total. The van der Waals surface area contributed by atoms with Crippen LogP contribution in [0.4, 0.5) is 33.3 Å². The first-order valence-corrected chi connectivity index (χ1v) is 12.8. The highest BCUT2D eigenvalue weighted by atomic mass is 19.4. The molecule has 3 rings (SSSR count). The lowest BCUT2D eigenvalue weighted by atomic mass is 10.0. The first kappa shape index (κ1) is 31.9. The minimum Gasteiger partial charge on any atom is -0.494 e. The Hall–Kier alpha value is -4.61. The topological polar surface area (TPSA) is 125 Å². The Balaban J connectivity index is 1.50. The third-order valence-corrected chi connectivity index (χ3v) is 6.18. The van der Waals surface area contributed by atoms with Gasteiger partial charge in [-0.3, -0.25) is 0 Å². The minimum atomic E-state index is -5.61. The lowest BCUT2D eigenvalue weighted by Gasteiger charge is -2.19. The van der Waals surface area contributed by atoms with Crippen LogP contribution in [-0.4, -0.2) is 35.8 Å². The third-order valence-electron chi connectivity index (χ3n) is 6.18. The van der Waals surface area contributed by atoms with Gasteiger partial charge >= 0.3 is 24.0 Å². The molecule has 0 bridgehead atoms. The molecule has 0 saturated carbocycles. The zero-order valence-corrected chi connectivity index (χ0v) is 22.3. The van der Waals surface area contributed by atoms with Gasteiger partial charge in [0, 0.05) is 23.4 Å². The normalized spacial score (nSPS) is 12.2. The fraction of sp³-hybridized carbons (Fsp3) is 0.267. The molecule has 12 heteroatoms. The molecule has 0 fully saturated rings. The Morgan fingerprint density at radius 3 is 2.10 bits per heavy atom. The average molecular weight is 593 g/mol. The number of rotatable bonds is 13. The van der Waals surface area contributed by atoms with Crippen LogP contribution in [0.25, 0.3) is 6.08 Å². The van der Waals surface area contributed by atoms with Gasteiger partial charge in [0.05, 0.1) is 12.2 Å². The number of nitrogens with two attached hydrogens (primary N) is 2. The number of anilines is 2. The summed E-state index contributed by atoms with van der Waals surface area (Å²) >= 11 is 0. The lowest BCUT2D eigenvalue weighted by molar-refractivity contribution is -0.284. The summed E-state index contributed by atoms with van der Waals surface area (Å²) in [5.41, 5.74) is 14.6. The fourth-order valence-electron chi connectivity index (χ4n) is 3.86. The molecule has 0 aliphatic carbocycles. The number of aliphatic carboxylic acids is 1. The van der Waals surface area contributed by atoms with Crippen molar-refractivity contribution in [2.45, 2.75) is 44.2 Å². The average Bonchev–Trinajstić information content (AvgIpc) is 2.92. The molecule has 0 amide bonds. The number of halogens is 5. The van der Waals surface area contributed by atoms with Crippen molar-refractivity contribution in [3.8, 4) is 11.5 Å². The van der Waals surface area contributed by atoms with E-state index in [4.69, 9.17) is 20.9 Å². The number of aryl methyl sites for hydroxylation is 1. The number of alkyl halides is 5. The summed E-state index contributed by atoms with van der Waals surface area (Å²) in [5.74, 6) is -6.15. The van der Waals surface area contributed by atoms with E-state index < -0.39 is 36.9 Å². The number of carboxylic acid groups (broad SMARTS) is 1. The first-order valence-electron chi connectivity index (χ1n) is 12.8. The summed E-state index contributed by atoms with van der Waals surface area (Å²) in [7, 11) is 0. The van der Waals surface area contributed by atoms with Gasteiger partial charge in [0.25, 0.3) is 0 Å². The van der Waals surface area contributed by atoms with E-state index in [1.807, 2.05) is 6.07 Å². The van der Waals surface area contributed by atoms with Crippen LogP contribution in [0.2, 0.25) is 0 Å². The van der Waals surface area contributed by atoms with E-state index in [1.54, 1.807) is 24.3 Å². The predicted octanol–water partition coefficient (Wildman–Crippen LogP) is 6.92. The zero-order valence-electron chi connectivity index (χ0n) is 22.3. The van der Waals surface area contributed by atoms with Crippen molar-refractivity contribution in [2.24, 2.45) is 0 Å². The van der Waals surface area contributed by atoms with Crippen LogP contribution in [0.1, 0.15) is 47.2 Å². The molecule has 3 aromatic rings. The minimum absolute atomic E-state index is 0.143. The van der Waals surface area contributed by atoms with Crippen molar-refractivity contribution in [3.63, 3.8) is 0 Å². The summed E-state index contributed by atoms with van der Waals surface area (Å²) in [4.78, 5) is 24.2. The molecule has 0 atom stereocenters. The first-order chi connectivity index (χ1) is 19.7. The molecule has 42 heavy (non-hydrogen) atoms. The van der Waals surface area contributed by atoms with E-state index in [-0.39, 0.29) is 29.2 Å². The molecule has 0 heterocycles. The maximum Gasteiger partial charge on any atom is 0.453 e. The lowest BCUT2D eigenvalue weighted by Crippen LogP contribution is -2.36. The quantitative estimate of drug-likeness (QED) is 0.0492. The molecule has 0 radical (unpaired) electrons. The van der Waals surface area contributed by atoms with Crippen molar-refractivity contribution in [3.05, 3.63) is 89.0 Å². The summed E-state index contributed by atoms with van der Waals surface area (Å²) in [6, 6.07) is 16.9. The molecule has 0 aliphatic rings. The largest absolute Gasteiger partial charge is 0.494 e. The van der Waals surface area contributed by atoms with Crippen LogP contribution in [0.3, 0.4) is 0 Å². The molecule has 0 aliphatic heterocycles. The maximum atomic E-state index is 12.9. The van der Waals surface area contributed by atoms with Crippen LogP contribution in [0.15, 0.2) is 72.3 Å². The Morgan fingerprint density at radius 2 is 1.50 bits per heavy atom. The van der Waals surface area contributed by atoms with Gasteiger partial charge < -0.3 is 26.0 Å². The van der Waals surface area contributed by atoms with E-state index in [0.717, 1.165) is 5.56 Å². The summed E-state index contributed by atoms with van der Waals surface area (Å²) in [5, 5.41) is 9.60. The molecular weight excluding hydrogens is 563 g/mol.